The van der Waals surface area contributed by atoms with E-state index in [-0.39, 0.29) is 34.8 Å². The molecule has 50 heavy (non-hydrogen) atoms. The third-order valence-corrected chi connectivity index (χ3v) is 9.40. The van der Waals surface area contributed by atoms with Crippen LogP contribution >= 0.6 is 0 Å². The van der Waals surface area contributed by atoms with Crippen molar-refractivity contribution in [2.75, 3.05) is 43.5 Å². The van der Waals surface area contributed by atoms with Crippen molar-refractivity contribution in [1.29, 1.82) is 0 Å². The van der Waals surface area contributed by atoms with E-state index in [2.05, 4.69) is 15.3 Å². The first-order valence-corrected chi connectivity index (χ1v) is 17.0. The van der Waals surface area contributed by atoms with Gasteiger partial charge in [0.05, 0.1) is 13.2 Å². The first kappa shape index (κ1) is 35.0. The van der Waals surface area contributed by atoms with Crippen molar-refractivity contribution in [3.63, 3.8) is 0 Å². The molecule has 9 nitrogen and oxygen atoms in total. The summed E-state index contributed by atoms with van der Waals surface area (Å²) < 4.78 is 61.5. The van der Waals surface area contributed by atoms with Gasteiger partial charge >= 0.3 is 12.1 Å². The van der Waals surface area contributed by atoms with E-state index in [1.54, 1.807) is 43.3 Å². The van der Waals surface area contributed by atoms with Crippen molar-refractivity contribution in [2.24, 2.45) is 5.41 Å². The van der Waals surface area contributed by atoms with Gasteiger partial charge in [0.2, 0.25) is 17.9 Å². The number of piperidine rings is 1. The summed E-state index contributed by atoms with van der Waals surface area (Å²) in [6.07, 6.45) is -4.04. The molecule has 1 aromatic heterocycles. The molecule has 1 spiro atoms. The van der Waals surface area contributed by atoms with E-state index in [0.29, 0.717) is 56.2 Å². The third-order valence-electron chi connectivity index (χ3n) is 9.40. The van der Waals surface area contributed by atoms with Gasteiger partial charge in [-0.25, -0.2) is 0 Å². The number of esters is 1. The lowest BCUT2D eigenvalue weighted by molar-refractivity contribution is -0.198. The maximum atomic E-state index is 15.0. The Morgan fingerprint density at radius 3 is 2.38 bits per heavy atom. The number of alkyl halides is 3. The molecule has 2 atom stereocenters. The van der Waals surface area contributed by atoms with Crippen LogP contribution in [0.1, 0.15) is 51.2 Å². The highest BCUT2D eigenvalue weighted by Crippen LogP contribution is 2.44. The Balaban J connectivity index is 1.26. The van der Waals surface area contributed by atoms with Crippen LogP contribution in [0.25, 0.3) is 22.3 Å². The second-order valence-electron chi connectivity index (χ2n) is 12.9. The van der Waals surface area contributed by atoms with Gasteiger partial charge in [-0.3, -0.25) is 4.79 Å². The fourth-order valence-electron chi connectivity index (χ4n) is 6.79. The maximum absolute atomic E-state index is 15.0. The number of nitrogens with two attached hydrogens (primary N) is 1. The predicted octanol–water partition coefficient (Wildman–Crippen LogP) is 7.38. The minimum Gasteiger partial charge on any atom is -0.494 e. The van der Waals surface area contributed by atoms with Crippen LogP contribution in [-0.2, 0) is 9.53 Å². The summed E-state index contributed by atoms with van der Waals surface area (Å²) in [7, 11) is 0. The van der Waals surface area contributed by atoms with E-state index in [4.69, 9.17) is 19.9 Å². The molecule has 2 aliphatic heterocycles. The average Bonchev–Trinajstić information content (AvgIpc) is 3.53. The van der Waals surface area contributed by atoms with E-state index in [0.717, 1.165) is 36.1 Å². The number of nitrogen functional groups attached to an aromatic ring is 1. The van der Waals surface area contributed by atoms with Gasteiger partial charge in [0.1, 0.15) is 17.6 Å². The van der Waals surface area contributed by atoms with Crippen LogP contribution in [0.5, 0.6) is 11.6 Å². The van der Waals surface area contributed by atoms with Crippen LogP contribution in [0.4, 0.5) is 24.9 Å². The Kier molecular flexibility index (Phi) is 10.5. The predicted molar refractivity (Wildman–Crippen MR) is 186 cm³/mol. The molecule has 264 valence electrons. The number of benzene rings is 3. The number of nitrogens with zero attached hydrogens (tertiary/aromatic N) is 3. The van der Waals surface area contributed by atoms with E-state index in [9.17, 15) is 18.0 Å². The molecule has 4 aromatic rings. The molecule has 0 unspecified atom stereocenters. The SMILES string of the molecule is CCCOc1ccc(-c2ccc([C@@H](Oc3cc(N4CCC5(CC4)CN[C@H](C(=O)OCC)C5)nc(N)n3)C(F)(F)F)c(-c3ccccc3)c2)cc1. The van der Waals surface area contributed by atoms with Crippen LogP contribution in [0.3, 0.4) is 0 Å². The summed E-state index contributed by atoms with van der Waals surface area (Å²) in [5.74, 6) is 0.417. The Morgan fingerprint density at radius 2 is 1.70 bits per heavy atom. The molecule has 2 fully saturated rings. The molecular weight excluding hydrogens is 647 g/mol. The molecule has 12 heteroatoms. The fraction of sp³-hybridized carbons (Fsp3) is 0.395. The highest BCUT2D eigenvalue weighted by molar-refractivity contribution is 5.77. The standard InChI is InChI=1S/C38H42F3N5O4/c1-3-20-49-28-13-10-25(11-14-28)27-12-15-29(30(21-27)26-8-6-5-7-9-26)34(38(39,40)41)50-33-22-32(44-36(42)45-33)46-18-16-37(17-19-46)23-31(43-24-37)35(47)48-4-2/h5-15,21-22,31,34,43H,3-4,16-20,23-24H2,1-2H3,(H2,42,44,45)/t31-,34+/m0/s1. The van der Waals surface area contributed by atoms with Crippen LogP contribution in [-0.4, -0.2) is 61.0 Å². The first-order chi connectivity index (χ1) is 24.1. The summed E-state index contributed by atoms with van der Waals surface area (Å²) in [6.45, 7) is 6.60. The van der Waals surface area contributed by atoms with Crippen LogP contribution < -0.4 is 25.4 Å². The summed E-state index contributed by atoms with van der Waals surface area (Å²) in [6, 6.07) is 22.4. The van der Waals surface area contributed by atoms with Crippen molar-refractivity contribution < 1.29 is 32.2 Å². The number of hydrogen-bond donors (Lipinski definition) is 2. The number of carbonyl (C=O) groups excluding carboxylic acids is 1. The summed E-state index contributed by atoms with van der Waals surface area (Å²) in [5, 5.41) is 3.29. The highest BCUT2D eigenvalue weighted by atomic mass is 19.4. The molecule has 2 aliphatic rings. The number of carbonyl (C=O) groups is 1. The fourth-order valence-corrected chi connectivity index (χ4v) is 6.79. The molecular formula is C38H42F3N5O4. The maximum Gasteiger partial charge on any atom is 0.429 e. The smallest absolute Gasteiger partial charge is 0.429 e. The third kappa shape index (κ3) is 7.96. The van der Waals surface area contributed by atoms with Gasteiger partial charge in [-0.2, -0.15) is 23.1 Å². The van der Waals surface area contributed by atoms with Gasteiger partial charge in [-0.1, -0.05) is 61.5 Å². The molecule has 0 radical (unpaired) electrons. The summed E-state index contributed by atoms with van der Waals surface area (Å²) >= 11 is 0. The lowest BCUT2D eigenvalue weighted by Gasteiger charge is -2.39. The van der Waals surface area contributed by atoms with E-state index < -0.39 is 12.3 Å². The van der Waals surface area contributed by atoms with Gasteiger partial charge in [0.25, 0.3) is 0 Å². The monoisotopic (exact) mass is 689 g/mol. The normalized spacial score (nSPS) is 17.8. The zero-order valence-corrected chi connectivity index (χ0v) is 28.2. The van der Waals surface area contributed by atoms with Gasteiger partial charge in [0, 0.05) is 31.3 Å². The topological polar surface area (TPSA) is 112 Å². The Labute approximate surface area is 290 Å². The van der Waals surface area contributed by atoms with Crippen LogP contribution in [0, 0.1) is 5.41 Å². The highest BCUT2D eigenvalue weighted by Gasteiger charge is 2.46. The number of hydrogen-bond acceptors (Lipinski definition) is 9. The van der Waals surface area contributed by atoms with Gasteiger partial charge in [0.15, 0.2) is 0 Å². The largest absolute Gasteiger partial charge is 0.494 e. The van der Waals surface area contributed by atoms with Crippen molar-refractivity contribution in [2.45, 2.75) is 57.9 Å². The first-order valence-electron chi connectivity index (χ1n) is 17.0. The summed E-state index contributed by atoms with van der Waals surface area (Å²) in [4.78, 5) is 22.7. The number of aromatic nitrogens is 2. The number of nitrogens with one attached hydrogen (secondary N) is 1. The molecule has 3 heterocycles. The zero-order valence-electron chi connectivity index (χ0n) is 28.2. The Hall–Kier alpha value is -4.84. The number of ether oxygens (including phenoxy) is 3. The van der Waals surface area contributed by atoms with Crippen molar-refractivity contribution in [3.8, 4) is 33.9 Å². The molecule has 0 amide bonds. The van der Waals surface area contributed by atoms with E-state index in [1.807, 2.05) is 42.2 Å². The van der Waals surface area contributed by atoms with E-state index in [1.165, 1.54) is 12.1 Å². The minimum atomic E-state index is -4.79. The second-order valence-corrected chi connectivity index (χ2v) is 12.9. The van der Waals surface area contributed by atoms with Crippen molar-refractivity contribution >= 4 is 17.7 Å². The molecule has 3 N–H and O–H groups in total. The Bertz CT molecular complexity index is 1760. The van der Waals surface area contributed by atoms with Gasteiger partial charge in [-0.15, -0.1) is 0 Å². The van der Waals surface area contributed by atoms with Crippen LogP contribution in [0.15, 0.2) is 78.9 Å². The lowest BCUT2D eigenvalue weighted by Crippen LogP contribution is -2.41. The molecule has 2 saturated heterocycles. The Morgan fingerprint density at radius 1 is 0.980 bits per heavy atom. The minimum absolute atomic E-state index is 0.0566. The van der Waals surface area contributed by atoms with Crippen LogP contribution in [0.2, 0.25) is 0 Å². The number of anilines is 2. The number of halogens is 3. The average molecular weight is 690 g/mol. The van der Waals surface area contributed by atoms with Gasteiger partial charge < -0.3 is 30.2 Å². The molecule has 6 rings (SSSR count). The van der Waals surface area contributed by atoms with Crippen molar-refractivity contribution in [1.82, 2.24) is 15.3 Å². The quantitative estimate of drug-likeness (QED) is 0.156. The van der Waals surface area contributed by atoms with Gasteiger partial charge in [-0.05, 0) is 78.5 Å². The second kappa shape index (κ2) is 15.0. The zero-order chi connectivity index (χ0) is 35.3. The molecule has 0 aliphatic carbocycles. The summed E-state index contributed by atoms with van der Waals surface area (Å²) in [5.41, 5.74) is 8.50. The van der Waals surface area contributed by atoms with E-state index >= 15 is 0 Å². The molecule has 0 bridgehead atoms. The van der Waals surface area contributed by atoms with Crippen molar-refractivity contribution in [3.05, 3.63) is 84.4 Å². The number of rotatable bonds is 11. The molecule has 3 aromatic carbocycles. The molecule has 0 saturated carbocycles. The lowest BCUT2D eigenvalue weighted by atomic mass is 9.76.